The van der Waals surface area contributed by atoms with Crippen LogP contribution >= 0.6 is 0 Å². The number of carbonyl (C=O) groups is 2. The summed E-state index contributed by atoms with van der Waals surface area (Å²) in [6.45, 7) is 0.857. The van der Waals surface area contributed by atoms with Gasteiger partial charge in [-0.25, -0.2) is 0 Å². The first-order chi connectivity index (χ1) is 5.07. The highest BCUT2D eigenvalue weighted by atomic mass is 80.0. The van der Waals surface area contributed by atoms with Gasteiger partial charge in [-0.15, -0.1) is 0 Å². The first-order valence-corrected chi connectivity index (χ1v) is 4.77. The van der Waals surface area contributed by atoms with Gasteiger partial charge in [0.1, 0.15) is 0 Å². The fraction of sp³-hybridized carbons (Fsp3) is 0.600. The van der Waals surface area contributed by atoms with Crippen LogP contribution in [-0.4, -0.2) is 18.2 Å². The summed E-state index contributed by atoms with van der Waals surface area (Å²) < 4.78 is 23.6. The largest absolute Gasteiger partial charge is 0.436 e. The molecule has 0 saturated heterocycles. The Kier molecular flexibility index (Phi) is 5.22. The van der Waals surface area contributed by atoms with Crippen LogP contribution in [0.3, 0.4) is 0 Å². The molecule has 0 fully saturated rings. The lowest BCUT2D eigenvalue weighted by atomic mass is 10.2. The molecule has 0 N–H and O–H groups in total. The molecule has 0 aromatic carbocycles. The van der Waals surface area contributed by atoms with Crippen LogP contribution in [0.25, 0.3) is 0 Å². The molecule has 0 rings (SSSR count). The van der Waals surface area contributed by atoms with E-state index in [0.29, 0.717) is 0 Å². The summed E-state index contributed by atoms with van der Waals surface area (Å²) in [5.41, 5.74) is 0. The van der Waals surface area contributed by atoms with Crippen molar-refractivity contribution in [2.24, 2.45) is 0 Å². The first kappa shape index (κ1) is 10.7. The predicted octanol–water partition coefficient (Wildman–Crippen LogP) is -2.36. The van der Waals surface area contributed by atoms with E-state index in [-0.39, 0.29) is 6.42 Å². The van der Waals surface area contributed by atoms with Crippen molar-refractivity contribution in [2.75, 3.05) is 6.61 Å². The van der Waals surface area contributed by atoms with Crippen molar-refractivity contribution in [3.8, 4) is 0 Å². The van der Waals surface area contributed by atoms with Gasteiger partial charge < -0.3 is 8.40 Å². The Balaban J connectivity index is 3.61. The number of ketones is 2. The number of hydrogen-bond acceptors (Lipinski definition) is 5. The van der Waals surface area contributed by atoms with E-state index in [9.17, 15) is 18.0 Å². The quantitative estimate of drug-likeness (QED) is 0.490. The van der Waals surface area contributed by atoms with Crippen molar-refractivity contribution < 1.29 is 36.6 Å². The minimum atomic E-state index is -3.36. The second-order valence-electron chi connectivity index (χ2n) is 1.64. The van der Waals surface area contributed by atoms with Gasteiger partial charge in [0.2, 0.25) is 18.2 Å². The monoisotopic (exact) mass is 226 g/mol. The van der Waals surface area contributed by atoms with Gasteiger partial charge in [0.25, 0.3) is 0 Å². The zero-order valence-corrected chi connectivity index (χ0v) is 7.42. The van der Waals surface area contributed by atoms with E-state index in [2.05, 4.69) is 3.83 Å². The minimum Gasteiger partial charge on any atom is -0.372 e. The highest BCUT2D eigenvalue weighted by Gasteiger charge is 2.19. The van der Waals surface area contributed by atoms with Crippen molar-refractivity contribution in [2.45, 2.75) is 13.3 Å². The summed E-state index contributed by atoms with van der Waals surface area (Å²) >= 11 is -3.36. The van der Waals surface area contributed by atoms with Crippen molar-refractivity contribution in [1.29, 1.82) is 0 Å². The smallest absolute Gasteiger partial charge is 0.372 e. The Morgan fingerprint density at radius 3 is 2.27 bits per heavy atom. The van der Waals surface area contributed by atoms with Crippen LogP contribution in [0.1, 0.15) is 13.3 Å². The summed E-state index contributed by atoms with van der Waals surface area (Å²) in [6, 6.07) is 0. The molecule has 0 saturated carbocycles. The lowest BCUT2D eigenvalue weighted by Crippen LogP contribution is -2.36. The van der Waals surface area contributed by atoms with Crippen LogP contribution in [0, 0.1) is 14.8 Å². The normalized spacial score (nSPS) is 10.2. The minimum absolute atomic E-state index is 0.0717. The maximum Gasteiger partial charge on any atom is 0.436 e. The van der Waals surface area contributed by atoms with Gasteiger partial charge in [0.15, 0.2) is 0 Å². The SMILES string of the molecule is CCC(=O)C(=O)CO[Br+2]([O-])[O-]. The Labute approximate surface area is 68.8 Å². The van der Waals surface area contributed by atoms with Gasteiger partial charge in [-0.2, -0.15) is 0 Å². The molecule has 0 heterocycles. The van der Waals surface area contributed by atoms with Crippen LogP contribution in [-0.2, 0) is 13.4 Å². The highest BCUT2D eigenvalue weighted by Crippen LogP contribution is 1.86. The highest BCUT2D eigenvalue weighted by molar-refractivity contribution is 6.37. The molecule has 0 radical (unpaired) electrons. The van der Waals surface area contributed by atoms with E-state index < -0.39 is 33.0 Å². The molecule has 0 amide bonds. The lowest BCUT2D eigenvalue weighted by Gasteiger charge is -1.91. The summed E-state index contributed by atoms with van der Waals surface area (Å²) in [5.74, 6) is -1.42. The third-order valence-electron chi connectivity index (χ3n) is 0.907. The Bertz CT molecular complexity index is 155. The molecule has 11 heavy (non-hydrogen) atoms. The topological polar surface area (TPSA) is 89.5 Å². The summed E-state index contributed by atoms with van der Waals surface area (Å²) in [5, 5.41) is 0. The van der Waals surface area contributed by atoms with Gasteiger partial charge in [-0.1, -0.05) is 6.92 Å². The van der Waals surface area contributed by atoms with Crippen LogP contribution < -0.4 is 8.40 Å². The van der Waals surface area contributed by atoms with E-state index >= 15 is 0 Å². The molecule has 0 spiro atoms. The summed E-state index contributed by atoms with van der Waals surface area (Å²) in [6.07, 6.45) is 0.0717. The van der Waals surface area contributed by atoms with E-state index in [1.807, 2.05) is 0 Å². The Hall–Kier alpha value is -0.300. The van der Waals surface area contributed by atoms with Crippen LogP contribution in [0.15, 0.2) is 0 Å². The Morgan fingerprint density at radius 2 is 1.91 bits per heavy atom. The van der Waals surface area contributed by atoms with Crippen molar-refractivity contribution in [1.82, 2.24) is 0 Å². The second-order valence-corrected chi connectivity index (χ2v) is 2.89. The van der Waals surface area contributed by atoms with Crippen molar-refractivity contribution in [3.05, 3.63) is 0 Å². The molecule has 0 aromatic heterocycles. The summed E-state index contributed by atoms with van der Waals surface area (Å²) in [7, 11) is 0. The fourth-order valence-electron chi connectivity index (χ4n) is 0.372. The molecule has 0 bridgehead atoms. The second kappa shape index (κ2) is 5.36. The molecule has 5 nitrogen and oxygen atoms in total. The third kappa shape index (κ3) is 5.02. The molecular formula is C5H7BrO5. The Morgan fingerprint density at radius 1 is 1.36 bits per heavy atom. The predicted molar refractivity (Wildman–Crippen MR) is 26.3 cm³/mol. The number of hydrogen-bond donors (Lipinski definition) is 0. The van der Waals surface area contributed by atoms with Crippen LogP contribution in [0.2, 0.25) is 0 Å². The molecular weight excluding hydrogens is 220 g/mol. The number of carbonyl (C=O) groups excluding carboxylic acids is 2. The van der Waals surface area contributed by atoms with Crippen molar-refractivity contribution >= 4 is 11.6 Å². The fourth-order valence-corrected chi connectivity index (χ4v) is 0.767. The third-order valence-corrected chi connectivity index (χ3v) is 1.51. The van der Waals surface area contributed by atoms with E-state index in [4.69, 9.17) is 0 Å². The number of halogens is 1. The molecule has 64 valence electrons. The maximum atomic E-state index is 10.5. The zero-order chi connectivity index (χ0) is 8.85. The van der Waals surface area contributed by atoms with Gasteiger partial charge in [0.05, 0.1) is 0 Å². The standard InChI is InChI=1S/C5H7BrO5/c1-2-4(7)5(8)3-11-6(9)10/h2-3H2,1H3. The maximum absolute atomic E-state index is 10.5. The van der Waals surface area contributed by atoms with Crippen LogP contribution in [0.5, 0.6) is 0 Å². The lowest BCUT2D eigenvalue weighted by molar-refractivity contribution is -1.63. The van der Waals surface area contributed by atoms with Crippen molar-refractivity contribution in [3.63, 3.8) is 0 Å². The molecule has 6 heteroatoms. The van der Waals surface area contributed by atoms with Gasteiger partial charge >= 0.3 is 14.8 Å². The molecule has 0 aliphatic heterocycles. The van der Waals surface area contributed by atoms with E-state index in [1.165, 1.54) is 6.92 Å². The van der Waals surface area contributed by atoms with Crippen LogP contribution in [0.4, 0.5) is 0 Å². The number of rotatable bonds is 5. The first-order valence-electron chi connectivity index (χ1n) is 2.82. The zero-order valence-electron chi connectivity index (χ0n) is 5.83. The van der Waals surface area contributed by atoms with E-state index in [1.54, 1.807) is 0 Å². The molecule has 0 atom stereocenters. The van der Waals surface area contributed by atoms with Gasteiger partial charge in [0, 0.05) is 6.42 Å². The average Bonchev–Trinajstić information content (AvgIpc) is 1.98. The van der Waals surface area contributed by atoms with Gasteiger partial charge in [-0.3, -0.25) is 9.59 Å². The van der Waals surface area contributed by atoms with Gasteiger partial charge in [-0.05, 0) is 3.83 Å². The molecule has 0 aliphatic rings. The van der Waals surface area contributed by atoms with E-state index in [0.717, 1.165) is 0 Å². The molecule has 0 unspecified atom stereocenters. The average molecular weight is 227 g/mol. The molecule has 0 aliphatic carbocycles. The number of Topliss-reactive ketones (excluding diaryl/α,β-unsaturated/α-hetero) is 2. The summed E-state index contributed by atoms with van der Waals surface area (Å²) in [4.78, 5) is 21.0. The molecule has 0 aromatic rings.